The van der Waals surface area contributed by atoms with E-state index < -0.39 is 0 Å². The predicted octanol–water partition coefficient (Wildman–Crippen LogP) is 5.97. The van der Waals surface area contributed by atoms with Crippen molar-refractivity contribution in [3.8, 4) is 5.75 Å². The number of hydrogen-bond donors (Lipinski definition) is 1. The van der Waals surface area contributed by atoms with Crippen molar-refractivity contribution in [1.82, 2.24) is 9.88 Å². The average molecular weight is 458 g/mol. The lowest BCUT2D eigenvalue weighted by Gasteiger charge is -2.25. The highest BCUT2D eigenvalue weighted by molar-refractivity contribution is 9.10. The summed E-state index contributed by atoms with van der Waals surface area (Å²) in [5.74, 6) is 0.224. The quantitative estimate of drug-likeness (QED) is 0.524. The second kappa shape index (κ2) is 9.37. The van der Waals surface area contributed by atoms with Crippen LogP contribution < -0.4 is 0 Å². The number of aromatic nitrogens is 1. The molecule has 144 valence electrons. The lowest BCUT2D eigenvalue weighted by Crippen LogP contribution is -2.28. The van der Waals surface area contributed by atoms with Gasteiger partial charge < -0.3 is 5.11 Å². The third-order valence-electron chi connectivity index (χ3n) is 4.87. The number of aromatic hydroxyl groups is 1. The van der Waals surface area contributed by atoms with E-state index in [0.29, 0.717) is 5.52 Å². The molecule has 0 bridgehead atoms. The van der Waals surface area contributed by atoms with E-state index in [2.05, 4.69) is 56.2 Å². The fourth-order valence-electron chi connectivity index (χ4n) is 3.32. The number of para-hydroxylation sites is 1. The first-order valence-electron chi connectivity index (χ1n) is 9.11. The van der Waals surface area contributed by atoms with Crippen molar-refractivity contribution in [2.75, 3.05) is 13.1 Å². The van der Waals surface area contributed by atoms with Gasteiger partial charge in [0.2, 0.25) is 0 Å². The number of fused-ring (bicyclic) bond motifs is 1. The van der Waals surface area contributed by atoms with Gasteiger partial charge >= 0.3 is 0 Å². The summed E-state index contributed by atoms with van der Waals surface area (Å²) in [5.41, 5.74) is 4.17. The number of nitrogens with zero attached hydrogens (tertiary/aromatic N) is 2. The molecular formula is C23H22BrClN2O. The van der Waals surface area contributed by atoms with Gasteiger partial charge in [-0.15, -0.1) is 12.4 Å². The first-order chi connectivity index (χ1) is 13.2. The van der Waals surface area contributed by atoms with Crippen LogP contribution >= 0.6 is 28.3 Å². The predicted molar refractivity (Wildman–Crippen MR) is 122 cm³/mol. The van der Waals surface area contributed by atoms with Crippen molar-refractivity contribution < 1.29 is 5.11 Å². The van der Waals surface area contributed by atoms with Crippen LogP contribution in [0, 0.1) is 0 Å². The summed E-state index contributed by atoms with van der Waals surface area (Å²) in [4.78, 5) is 7.01. The Labute approximate surface area is 179 Å². The van der Waals surface area contributed by atoms with Crippen LogP contribution in [-0.2, 0) is 6.54 Å². The van der Waals surface area contributed by atoms with Gasteiger partial charge in [0, 0.05) is 29.5 Å². The number of phenolic OH excluding ortho intramolecular Hbond substituents is 1. The zero-order valence-electron chi connectivity index (χ0n) is 15.4. The van der Waals surface area contributed by atoms with Gasteiger partial charge in [-0.1, -0.05) is 64.5 Å². The van der Waals surface area contributed by atoms with E-state index in [-0.39, 0.29) is 18.2 Å². The Morgan fingerprint density at radius 1 is 1.04 bits per heavy atom. The molecule has 28 heavy (non-hydrogen) atoms. The first kappa shape index (κ1) is 20.6. The molecule has 1 aliphatic heterocycles. The third kappa shape index (κ3) is 4.82. The molecule has 3 nitrogen and oxygen atoms in total. The van der Waals surface area contributed by atoms with Crippen LogP contribution in [0.2, 0.25) is 0 Å². The van der Waals surface area contributed by atoms with Gasteiger partial charge in [-0.25, -0.2) is 4.98 Å². The van der Waals surface area contributed by atoms with Crippen LogP contribution in [0.1, 0.15) is 17.7 Å². The fraction of sp³-hybridized carbons (Fsp3) is 0.174. The highest BCUT2D eigenvalue weighted by Gasteiger charge is 2.12. The van der Waals surface area contributed by atoms with E-state index >= 15 is 0 Å². The SMILES string of the molecule is Cl.Oc1cccc2ccc(/C=C/C3=CCN(Cc4ccccc4Br)CC3)nc12. The van der Waals surface area contributed by atoms with Gasteiger partial charge in [0.05, 0.1) is 5.69 Å². The standard InChI is InChI=1S/C23H21BrN2O.ClH/c24-21-6-2-1-4-19(21)16-26-14-12-17(13-15-26)8-10-20-11-9-18-5-3-7-22(27)23(18)25-20;/h1-12,27H,13-16H2;1H/b10-8+;. The largest absolute Gasteiger partial charge is 0.506 e. The molecule has 0 saturated heterocycles. The van der Waals surface area contributed by atoms with Gasteiger partial charge in [0.25, 0.3) is 0 Å². The minimum absolute atomic E-state index is 0. The molecule has 0 atom stereocenters. The Kier molecular flexibility index (Phi) is 6.89. The molecule has 4 rings (SSSR count). The summed E-state index contributed by atoms with van der Waals surface area (Å²) in [6.07, 6.45) is 7.49. The summed E-state index contributed by atoms with van der Waals surface area (Å²) in [5, 5.41) is 10.9. The maximum atomic E-state index is 9.98. The molecule has 0 spiro atoms. The summed E-state index contributed by atoms with van der Waals surface area (Å²) in [7, 11) is 0. The lowest BCUT2D eigenvalue weighted by molar-refractivity contribution is 0.287. The molecule has 0 radical (unpaired) electrons. The topological polar surface area (TPSA) is 36.4 Å². The monoisotopic (exact) mass is 456 g/mol. The Bertz CT molecular complexity index is 1030. The van der Waals surface area contributed by atoms with Crippen molar-refractivity contribution in [3.05, 3.63) is 88.1 Å². The Morgan fingerprint density at radius 2 is 1.89 bits per heavy atom. The van der Waals surface area contributed by atoms with Crippen LogP contribution in [-0.4, -0.2) is 28.1 Å². The average Bonchev–Trinajstić information content (AvgIpc) is 2.70. The molecule has 2 aromatic carbocycles. The van der Waals surface area contributed by atoms with Crippen molar-refractivity contribution in [2.24, 2.45) is 0 Å². The van der Waals surface area contributed by atoms with Crippen LogP contribution in [0.3, 0.4) is 0 Å². The number of halogens is 2. The molecule has 2 heterocycles. The zero-order valence-corrected chi connectivity index (χ0v) is 17.8. The molecule has 5 heteroatoms. The molecule has 0 fully saturated rings. The van der Waals surface area contributed by atoms with Crippen LogP contribution in [0.15, 0.2) is 76.8 Å². The maximum absolute atomic E-state index is 9.98. The van der Waals surface area contributed by atoms with Gasteiger partial charge in [0.1, 0.15) is 11.3 Å². The molecule has 3 aromatic rings. The van der Waals surface area contributed by atoms with E-state index in [9.17, 15) is 5.11 Å². The van der Waals surface area contributed by atoms with Gasteiger partial charge in [0.15, 0.2) is 0 Å². The molecule has 0 unspecified atom stereocenters. The minimum Gasteiger partial charge on any atom is -0.506 e. The maximum Gasteiger partial charge on any atom is 0.141 e. The summed E-state index contributed by atoms with van der Waals surface area (Å²) in [6, 6.07) is 17.8. The molecule has 0 saturated carbocycles. The smallest absolute Gasteiger partial charge is 0.141 e. The second-order valence-electron chi connectivity index (χ2n) is 6.77. The van der Waals surface area contributed by atoms with Crippen LogP contribution in [0.5, 0.6) is 5.75 Å². The van der Waals surface area contributed by atoms with Crippen molar-refractivity contribution in [2.45, 2.75) is 13.0 Å². The van der Waals surface area contributed by atoms with Gasteiger partial charge in [-0.05, 0) is 41.8 Å². The molecule has 1 aliphatic rings. The number of allylic oxidation sites excluding steroid dienone is 1. The Balaban J connectivity index is 0.00000225. The van der Waals surface area contributed by atoms with Crippen LogP contribution in [0.25, 0.3) is 17.0 Å². The van der Waals surface area contributed by atoms with Crippen molar-refractivity contribution in [1.29, 1.82) is 0 Å². The van der Waals surface area contributed by atoms with Crippen molar-refractivity contribution >= 4 is 45.3 Å². The second-order valence-corrected chi connectivity index (χ2v) is 7.63. The molecule has 1 N–H and O–H groups in total. The van der Waals surface area contributed by atoms with E-state index in [1.165, 1.54) is 15.6 Å². The molecular weight excluding hydrogens is 436 g/mol. The number of pyridine rings is 1. The van der Waals surface area contributed by atoms with Gasteiger partial charge in [-0.2, -0.15) is 0 Å². The van der Waals surface area contributed by atoms with Crippen molar-refractivity contribution in [3.63, 3.8) is 0 Å². The van der Waals surface area contributed by atoms with E-state index in [1.807, 2.05) is 36.4 Å². The summed E-state index contributed by atoms with van der Waals surface area (Å²) >= 11 is 3.63. The molecule has 0 aliphatic carbocycles. The number of benzene rings is 2. The Morgan fingerprint density at radius 3 is 2.68 bits per heavy atom. The van der Waals surface area contributed by atoms with E-state index in [4.69, 9.17) is 0 Å². The highest BCUT2D eigenvalue weighted by atomic mass is 79.9. The normalized spacial score (nSPS) is 14.8. The highest BCUT2D eigenvalue weighted by Crippen LogP contribution is 2.24. The Hall–Kier alpha value is -2.14. The third-order valence-corrected chi connectivity index (χ3v) is 5.64. The first-order valence-corrected chi connectivity index (χ1v) is 9.90. The van der Waals surface area contributed by atoms with E-state index in [0.717, 1.165) is 37.1 Å². The number of hydrogen-bond acceptors (Lipinski definition) is 3. The summed E-state index contributed by atoms with van der Waals surface area (Å²) in [6.45, 7) is 2.96. The fourth-order valence-corrected chi connectivity index (χ4v) is 3.73. The summed E-state index contributed by atoms with van der Waals surface area (Å²) < 4.78 is 1.17. The minimum atomic E-state index is 0. The lowest BCUT2D eigenvalue weighted by atomic mass is 10.1. The van der Waals surface area contributed by atoms with Gasteiger partial charge in [-0.3, -0.25) is 4.90 Å². The molecule has 0 amide bonds. The molecule has 1 aromatic heterocycles. The van der Waals surface area contributed by atoms with Crippen LogP contribution in [0.4, 0.5) is 0 Å². The number of rotatable bonds is 4. The zero-order chi connectivity index (χ0) is 18.6. The number of phenols is 1. The van der Waals surface area contributed by atoms with E-state index in [1.54, 1.807) is 6.07 Å².